The van der Waals surface area contributed by atoms with Gasteiger partial charge in [-0.3, -0.25) is 4.79 Å². The maximum atomic E-state index is 14.3. The van der Waals surface area contributed by atoms with Crippen molar-refractivity contribution in [3.8, 4) is 0 Å². The van der Waals surface area contributed by atoms with Crippen molar-refractivity contribution in [2.45, 2.75) is 19.9 Å². The van der Waals surface area contributed by atoms with Crippen LogP contribution in [-0.2, 0) is 4.79 Å². The molecule has 1 aliphatic heterocycles. The number of nitrogens with one attached hydrogen (secondary N) is 3. The first-order chi connectivity index (χ1) is 12.4. The number of halogens is 1. The van der Waals surface area contributed by atoms with Gasteiger partial charge in [-0.05, 0) is 55.4 Å². The van der Waals surface area contributed by atoms with Crippen LogP contribution in [0.1, 0.15) is 22.7 Å². The molecule has 0 spiro atoms. The maximum Gasteiger partial charge on any atom is 0.235 e. The highest BCUT2D eigenvalue weighted by molar-refractivity contribution is 7.80. The Labute approximate surface area is 157 Å². The molecule has 26 heavy (non-hydrogen) atoms. The Kier molecular flexibility index (Phi) is 5.04. The molecular formula is C20H20FN3OS. The van der Waals surface area contributed by atoms with Crippen molar-refractivity contribution < 1.29 is 9.18 Å². The van der Waals surface area contributed by atoms with Gasteiger partial charge in [0.15, 0.2) is 5.11 Å². The highest BCUT2D eigenvalue weighted by atomic mass is 32.1. The average Bonchev–Trinajstić information content (AvgIpc) is 2.57. The molecular weight excluding hydrogens is 349 g/mol. The topological polar surface area (TPSA) is 53.2 Å². The third-order valence-corrected chi connectivity index (χ3v) is 4.79. The second-order valence-electron chi connectivity index (χ2n) is 6.39. The minimum atomic E-state index is -0.722. The van der Waals surface area contributed by atoms with E-state index in [4.69, 9.17) is 12.2 Å². The van der Waals surface area contributed by atoms with Gasteiger partial charge >= 0.3 is 0 Å². The fourth-order valence-corrected chi connectivity index (χ4v) is 3.28. The van der Waals surface area contributed by atoms with E-state index in [0.29, 0.717) is 22.1 Å². The third kappa shape index (κ3) is 3.60. The first-order valence-electron chi connectivity index (χ1n) is 8.25. The fourth-order valence-electron chi connectivity index (χ4n) is 3.02. The Morgan fingerprint density at radius 1 is 1.19 bits per heavy atom. The number of hydrogen-bond donors (Lipinski definition) is 3. The second-order valence-corrected chi connectivity index (χ2v) is 6.80. The lowest BCUT2D eigenvalue weighted by atomic mass is 9.88. The molecule has 0 aromatic heterocycles. The van der Waals surface area contributed by atoms with Gasteiger partial charge in [0.1, 0.15) is 11.7 Å². The van der Waals surface area contributed by atoms with E-state index in [2.05, 4.69) is 22.5 Å². The number of amides is 1. The van der Waals surface area contributed by atoms with E-state index in [1.807, 2.05) is 32.0 Å². The monoisotopic (exact) mass is 369 g/mol. The SMILES string of the molecule is C=C1NC(=S)N[C@@H](c2ccccc2F)[C@H]1C(=O)Nc1ccc(C)c(C)c1. The number of rotatable bonds is 3. The smallest absolute Gasteiger partial charge is 0.235 e. The molecule has 1 aliphatic rings. The van der Waals surface area contributed by atoms with Gasteiger partial charge in [0.05, 0.1) is 6.04 Å². The number of thiocarbonyl (C=S) groups is 1. The minimum Gasteiger partial charge on any atom is -0.354 e. The van der Waals surface area contributed by atoms with E-state index in [-0.39, 0.29) is 5.91 Å². The third-order valence-electron chi connectivity index (χ3n) is 4.57. The van der Waals surface area contributed by atoms with Crippen LogP contribution in [-0.4, -0.2) is 11.0 Å². The van der Waals surface area contributed by atoms with Gasteiger partial charge in [0, 0.05) is 16.9 Å². The number of carbonyl (C=O) groups is 1. The highest BCUT2D eigenvalue weighted by Crippen LogP contribution is 2.32. The quantitative estimate of drug-likeness (QED) is 0.722. The summed E-state index contributed by atoms with van der Waals surface area (Å²) in [5, 5.41) is 9.09. The summed E-state index contributed by atoms with van der Waals surface area (Å²) in [6, 6.07) is 11.4. The Hall–Kier alpha value is -2.73. The maximum absolute atomic E-state index is 14.3. The molecule has 0 aliphatic carbocycles. The lowest BCUT2D eigenvalue weighted by Gasteiger charge is -2.35. The molecule has 0 radical (unpaired) electrons. The van der Waals surface area contributed by atoms with Crippen molar-refractivity contribution >= 4 is 28.9 Å². The van der Waals surface area contributed by atoms with Crippen molar-refractivity contribution in [1.82, 2.24) is 10.6 Å². The lowest BCUT2D eigenvalue weighted by molar-refractivity contribution is -0.119. The standard InChI is InChI=1S/C20H20FN3OS/c1-11-8-9-14(10-12(11)2)23-19(25)17-13(3)22-20(26)24-18(17)15-6-4-5-7-16(15)21/h4-10,17-18H,3H2,1-2H3,(H,23,25)(H2,22,24,26)/t17-,18-/m0/s1. The van der Waals surface area contributed by atoms with Gasteiger partial charge in [-0.1, -0.05) is 30.8 Å². The highest BCUT2D eigenvalue weighted by Gasteiger charge is 2.37. The summed E-state index contributed by atoms with van der Waals surface area (Å²) in [5.41, 5.74) is 3.71. The average molecular weight is 369 g/mol. The molecule has 134 valence electrons. The van der Waals surface area contributed by atoms with Crippen LogP contribution in [0.3, 0.4) is 0 Å². The molecule has 1 heterocycles. The van der Waals surface area contributed by atoms with Crippen LogP contribution < -0.4 is 16.0 Å². The summed E-state index contributed by atoms with van der Waals surface area (Å²) in [5.74, 6) is -1.40. The van der Waals surface area contributed by atoms with Crippen molar-refractivity contribution in [1.29, 1.82) is 0 Å². The Morgan fingerprint density at radius 3 is 2.62 bits per heavy atom. The lowest BCUT2D eigenvalue weighted by Crippen LogP contribution is -2.51. The number of carbonyl (C=O) groups excluding carboxylic acids is 1. The molecule has 1 fully saturated rings. The molecule has 1 amide bonds. The van der Waals surface area contributed by atoms with Gasteiger partial charge in [0.25, 0.3) is 0 Å². The molecule has 1 saturated heterocycles. The van der Waals surface area contributed by atoms with Crippen LogP contribution in [0.4, 0.5) is 10.1 Å². The predicted molar refractivity (Wildman–Crippen MR) is 105 cm³/mol. The van der Waals surface area contributed by atoms with Crippen LogP contribution in [0, 0.1) is 25.6 Å². The number of benzene rings is 2. The summed E-state index contributed by atoms with van der Waals surface area (Å²) in [6.45, 7) is 7.91. The van der Waals surface area contributed by atoms with Crippen molar-refractivity contribution in [3.05, 3.63) is 77.2 Å². The van der Waals surface area contributed by atoms with Crippen LogP contribution >= 0.6 is 12.2 Å². The summed E-state index contributed by atoms with van der Waals surface area (Å²) in [6.07, 6.45) is 0. The van der Waals surface area contributed by atoms with Crippen LogP contribution in [0.25, 0.3) is 0 Å². The van der Waals surface area contributed by atoms with Gasteiger partial charge in [-0.15, -0.1) is 0 Å². The van der Waals surface area contributed by atoms with Crippen LogP contribution in [0.5, 0.6) is 0 Å². The Morgan fingerprint density at radius 2 is 1.92 bits per heavy atom. The minimum absolute atomic E-state index is 0.283. The largest absolute Gasteiger partial charge is 0.354 e. The zero-order chi connectivity index (χ0) is 18.8. The normalized spacial score (nSPS) is 19.5. The number of anilines is 1. The number of hydrogen-bond acceptors (Lipinski definition) is 2. The first-order valence-corrected chi connectivity index (χ1v) is 8.66. The molecule has 0 saturated carbocycles. The number of aryl methyl sites for hydroxylation is 2. The van der Waals surface area contributed by atoms with E-state index in [1.165, 1.54) is 6.07 Å². The van der Waals surface area contributed by atoms with E-state index in [1.54, 1.807) is 18.2 Å². The molecule has 3 N–H and O–H groups in total. The molecule has 4 nitrogen and oxygen atoms in total. The molecule has 0 bridgehead atoms. The zero-order valence-corrected chi connectivity index (χ0v) is 15.4. The molecule has 6 heteroatoms. The molecule has 2 atom stereocenters. The van der Waals surface area contributed by atoms with E-state index < -0.39 is 17.8 Å². The van der Waals surface area contributed by atoms with Crippen molar-refractivity contribution in [2.75, 3.05) is 5.32 Å². The summed E-state index contributed by atoms with van der Waals surface area (Å²) in [4.78, 5) is 13.0. The Bertz CT molecular complexity index is 896. The molecule has 2 aromatic carbocycles. The van der Waals surface area contributed by atoms with E-state index in [0.717, 1.165) is 11.1 Å². The van der Waals surface area contributed by atoms with Gasteiger partial charge in [-0.2, -0.15) is 0 Å². The fraction of sp³-hybridized carbons (Fsp3) is 0.200. The van der Waals surface area contributed by atoms with E-state index >= 15 is 0 Å². The van der Waals surface area contributed by atoms with Crippen LogP contribution in [0.2, 0.25) is 0 Å². The van der Waals surface area contributed by atoms with Gasteiger partial charge in [-0.25, -0.2) is 4.39 Å². The second kappa shape index (κ2) is 7.25. The first kappa shape index (κ1) is 18.1. The predicted octanol–water partition coefficient (Wildman–Crippen LogP) is 3.73. The van der Waals surface area contributed by atoms with Crippen LogP contribution in [0.15, 0.2) is 54.7 Å². The molecule has 3 rings (SSSR count). The van der Waals surface area contributed by atoms with E-state index in [9.17, 15) is 9.18 Å². The Balaban J connectivity index is 1.92. The molecule has 2 aromatic rings. The van der Waals surface area contributed by atoms with Gasteiger partial charge in [0.2, 0.25) is 5.91 Å². The van der Waals surface area contributed by atoms with Gasteiger partial charge < -0.3 is 16.0 Å². The summed E-state index contributed by atoms with van der Waals surface area (Å²) in [7, 11) is 0. The van der Waals surface area contributed by atoms with Crippen molar-refractivity contribution in [3.63, 3.8) is 0 Å². The summed E-state index contributed by atoms with van der Waals surface area (Å²) < 4.78 is 14.3. The molecule has 0 unspecified atom stereocenters. The summed E-state index contributed by atoms with van der Waals surface area (Å²) >= 11 is 5.17. The van der Waals surface area contributed by atoms with Crippen molar-refractivity contribution in [2.24, 2.45) is 5.92 Å². The zero-order valence-electron chi connectivity index (χ0n) is 14.6.